The molecule has 1 aliphatic heterocycles. The van der Waals surface area contributed by atoms with Crippen LogP contribution in [0.2, 0.25) is 0 Å². The van der Waals surface area contributed by atoms with Gasteiger partial charge in [0, 0.05) is 18.0 Å². The summed E-state index contributed by atoms with van der Waals surface area (Å²) in [5.41, 5.74) is 1.41. The molecular formula is C26H34N2O6. The zero-order chi connectivity index (χ0) is 25.6. The van der Waals surface area contributed by atoms with Crippen molar-refractivity contribution in [2.24, 2.45) is 0 Å². The summed E-state index contributed by atoms with van der Waals surface area (Å²) >= 11 is 0. The molecule has 0 radical (unpaired) electrons. The second-order valence-electron chi connectivity index (χ2n) is 10.9. The number of carboxylic acids is 1. The first-order valence-corrected chi connectivity index (χ1v) is 11.3. The Morgan fingerprint density at radius 3 is 2.12 bits per heavy atom. The Kier molecular flexibility index (Phi) is 6.57. The van der Waals surface area contributed by atoms with Gasteiger partial charge in [-0.3, -0.25) is 9.47 Å². The molecule has 1 aliphatic rings. The summed E-state index contributed by atoms with van der Waals surface area (Å²) in [6.07, 6.45) is 2.25. The molecule has 34 heavy (non-hydrogen) atoms. The number of benzene rings is 1. The summed E-state index contributed by atoms with van der Waals surface area (Å²) in [5, 5.41) is 10.9. The highest BCUT2D eigenvalue weighted by atomic mass is 16.6. The van der Waals surface area contributed by atoms with Gasteiger partial charge in [-0.15, -0.1) is 0 Å². The molecule has 0 fully saturated rings. The van der Waals surface area contributed by atoms with E-state index in [1.54, 1.807) is 59.9 Å². The van der Waals surface area contributed by atoms with Crippen LogP contribution in [0.3, 0.4) is 0 Å². The summed E-state index contributed by atoms with van der Waals surface area (Å²) in [7, 11) is 0. The average Bonchev–Trinajstić information content (AvgIpc) is 2.95. The van der Waals surface area contributed by atoms with Crippen LogP contribution in [0.25, 0.3) is 10.9 Å². The van der Waals surface area contributed by atoms with Gasteiger partial charge in [0.25, 0.3) is 0 Å². The van der Waals surface area contributed by atoms with E-state index in [2.05, 4.69) is 0 Å². The van der Waals surface area contributed by atoms with Crippen LogP contribution in [0.1, 0.15) is 72.6 Å². The van der Waals surface area contributed by atoms with Crippen LogP contribution in [-0.4, -0.2) is 50.0 Å². The van der Waals surface area contributed by atoms with Gasteiger partial charge in [0.15, 0.2) is 0 Å². The van der Waals surface area contributed by atoms with Gasteiger partial charge in [-0.2, -0.15) is 0 Å². The fourth-order valence-electron chi connectivity index (χ4n) is 4.16. The number of aliphatic carboxylic acids is 1. The van der Waals surface area contributed by atoms with Crippen molar-refractivity contribution in [1.29, 1.82) is 0 Å². The molecule has 1 N–H and O–H groups in total. The van der Waals surface area contributed by atoms with Gasteiger partial charge in [-0.05, 0) is 72.6 Å². The quantitative estimate of drug-likeness (QED) is 0.567. The zero-order valence-electron chi connectivity index (χ0n) is 21.1. The molecule has 2 heterocycles. The molecule has 1 amide bonds. The minimum absolute atomic E-state index is 0.0188. The number of carbonyl (C=O) groups excluding carboxylic acids is 2. The molecule has 8 nitrogen and oxygen atoms in total. The Morgan fingerprint density at radius 1 is 1.00 bits per heavy atom. The van der Waals surface area contributed by atoms with E-state index in [1.807, 2.05) is 26.0 Å². The first kappa shape index (κ1) is 25.3. The first-order chi connectivity index (χ1) is 15.6. The van der Waals surface area contributed by atoms with Gasteiger partial charge in [0.05, 0.1) is 11.6 Å². The third kappa shape index (κ3) is 5.26. The molecule has 2 aromatic rings. The molecule has 0 unspecified atom stereocenters. The third-order valence-electron chi connectivity index (χ3n) is 5.28. The van der Waals surface area contributed by atoms with Crippen molar-refractivity contribution < 1.29 is 29.0 Å². The molecule has 0 aliphatic carbocycles. The van der Waals surface area contributed by atoms with E-state index in [0.717, 1.165) is 16.5 Å². The summed E-state index contributed by atoms with van der Waals surface area (Å²) in [6, 6.07) is 3.56. The number of carbonyl (C=O) groups is 3. The summed E-state index contributed by atoms with van der Waals surface area (Å²) in [6.45, 7) is 14.4. The van der Waals surface area contributed by atoms with E-state index in [4.69, 9.17) is 9.47 Å². The Morgan fingerprint density at radius 2 is 1.59 bits per heavy atom. The second-order valence-corrected chi connectivity index (χ2v) is 10.9. The Labute approximate surface area is 200 Å². The molecule has 0 bridgehead atoms. The predicted molar refractivity (Wildman–Crippen MR) is 129 cm³/mol. The normalized spacial score (nSPS) is 18.3. The molecule has 8 heteroatoms. The van der Waals surface area contributed by atoms with Crippen molar-refractivity contribution >= 4 is 29.1 Å². The van der Waals surface area contributed by atoms with Gasteiger partial charge in [-0.1, -0.05) is 23.8 Å². The number of amides is 1. The Balaban J connectivity index is 2.27. The van der Waals surface area contributed by atoms with Gasteiger partial charge in [-0.25, -0.2) is 14.4 Å². The Hall–Kier alpha value is -3.29. The van der Waals surface area contributed by atoms with Crippen LogP contribution in [0.4, 0.5) is 9.59 Å². The number of allylic oxidation sites excluding steroid dienone is 1. The van der Waals surface area contributed by atoms with Crippen LogP contribution >= 0.6 is 0 Å². The highest BCUT2D eigenvalue weighted by molar-refractivity contribution is 5.96. The van der Waals surface area contributed by atoms with Crippen LogP contribution < -0.4 is 0 Å². The third-order valence-corrected chi connectivity index (χ3v) is 5.28. The number of rotatable bonds is 2. The number of aromatic nitrogens is 1. The van der Waals surface area contributed by atoms with E-state index >= 15 is 0 Å². The minimum atomic E-state index is -1.19. The smallest absolute Gasteiger partial charge is 0.419 e. The van der Waals surface area contributed by atoms with E-state index in [1.165, 1.54) is 9.47 Å². The van der Waals surface area contributed by atoms with E-state index in [0.29, 0.717) is 11.1 Å². The fraction of sp³-hybridized carbons (Fsp3) is 0.500. The van der Waals surface area contributed by atoms with Gasteiger partial charge >= 0.3 is 18.2 Å². The predicted octanol–water partition coefficient (Wildman–Crippen LogP) is 5.68. The lowest BCUT2D eigenvalue weighted by atomic mass is 9.98. The summed E-state index contributed by atoms with van der Waals surface area (Å²) in [4.78, 5) is 40.0. The number of ether oxygens (including phenoxy) is 2. The fourth-order valence-corrected chi connectivity index (χ4v) is 4.16. The lowest BCUT2D eigenvalue weighted by Crippen LogP contribution is -2.49. The van der Waals surface area contributed by atoms with Crippen LogP contribution in [-0.2, 0) is 20.7 Å². The highest BCUT2D eigenvalue weighted by Crippen LogP contribution is 2.40. The number of hydrogen-bond acceptors (Lipinski definition) is 5. The summed E-state index contributed by atoms with van der Waals surface area (Å²) < 4.78 is 12.6. The lowest BCUT2D eigenvalue weighted by molar-refractivity contribution is -0.143. The minimum Gasteiger partial charge on any atom is -0.480 e. The van der Waals surface area contributed by atoms with Crippen LogP contribution in [0.5, 0.6) is 0 Å². The molecule has 0 saturated carbocycles. The maximum Gasteiger partial charge on any atom is 0.419 e. The molecule has 1 aromatic heterocycles. The molecule has 0 saturated heterocycles. The molecule has 0 spiro atoms. The van der Waals surface area contributed by atoms with Crippen molar-refractivity contribution in [3.8, 4) is 0 Å². The number of nitrogens with zero attached hydrogens (tertiary/aromatic N) is 2. The maximum absolute atomic E-state index is 13.3. The van der Waals surface area contributed by atoms with Crippen molar-refractivity contribution in [3.63, 3.8) is 0 Å². The van der Waals surface area contributed by atoms with E-state index in [9.17, 15) is 19.5 Å². The van der Waals surface area contributed by atoms with E-state index < -0.39 is 41.4 Å². The molecule has 1 aromatic carbocycles. The van der Waals surface area contributed by atoms with Gasteiger partial charge in [0.2, 0.25) is 0 Å². The molecule has 3 rings (SSSR count). The van der Waals surface area contributed by atoms with Crippen molar-refractivity contribution in [3.05, 3.63) is 47.2 Å². The number of carboxylic acid groups (broad SMARTS) is 1. The number of hydrogen-bond donors (Lipinski definition) is 1. The van der Waals surface area contributed by atoms with Crippen LogP contribution in [0, 0.1) is 0 Å². The highest BCUT2D eigenvalue weighted by Gasteiger charge is 2.42. The summed E-state index contributed by atoms with van der Waals surface area (Å²) in [5.74, 6) is -1.15. The zero-order valence-corrected chi connectivity index (χ0v) is 21.1. The SMILES string of the molecule is CC(C)=C[C@@H]1c2cccc3c2c(cn3C(=O)OC(C)(C)C)C[C@@H](C(=O)O)N1C(=O)OC(C)(C)C. The largest absolute Gasteiger partial charge is 0.480 e. The van der Waals surface area contributed by atoms with Gasteiger partial charge in [0.1, 0.15) is 17.2 Å². The molecule has 184 valence electrons. The van der Waals surface area contributed by atoms with Crippen molar-refractivity contribution in [1.82, 2.24) is 9.47 Å². The monoisotopic (exact) mass is 470 g/mol. The lowest BCUT2D eigenvalue weighted by Gasteiger charge is -2.35. The van der Waals surface area contributed by atoms with Crippen molar-refractivity contribution in [2.75, 3.05) is 0 Å². The average molecular weight is 471 g/mol. The first-order valence-electron chi connectivity index (χ1n) is 11.3. The van der Waals surface area contributed by atoms with E-state index in [-0.39, 0.29) is 6.42 Å². The van der Waals surface area contributed by atoms with Crippen LogP contribution in [0.15, 0.2) is 36.0 Å². The Bertz CT molecular complexity index is 1160. The maximum atomic E-state index is 13.3. The topological polar surface area (TPSA) is 98.1 Å². The van der Waals surface area contributed by atoms with Crippen molar-refractivity contribution in [2.45, 2.75) is 85.1 Å². The second kappa shape index (κ2) is 8.81. The van der Waals surface area contributed by atoms with Gasteiger partial charge < -0.3 is 14.6 Å². The molecule has 2 atom stereocenters. The molecular weight excluding hydrogens is 436 g/mol. The standard InChI is InChI=1S/C26H34N2O6/c1-15(2)12-19-17-10-9-11-18-21(17)16(14-27(18)23(31)33-25(3,4)5)13-20(22(29)30)28(19)24(32)34-26(6,7)8/h9-12,14,19-20H,13H2,1-8H3,(H,29,30)/t19-,20+/m1/s1.